The Bertz CT molecular complexity index is 1170. The first-order valence-corrected chi connectivity index (χ1v) is 10.6. The molecule has 0 fully saturated rings. The van der Waals surface area contributed by atoms with Gasteiger partial charge in [-0.3, -0.25) is 9.78 Å². The van der Waals surface area contributed by atoms with E-state index in [0.717, 1.165) is 11.1 Å². The number of pyridine rings is 1. The molecular formula is C26H28N2O3. The highest BCUT2D eigenvalue weighted by Gasteiger charge is 2.34. The van der Waals surface area contributed by atoms with Crippen LogP contribution in [0.25, 0.3) is 5.57 Å². The molecule has 4 rings (SSSR count). The third kappa shape index (κ3) is 3.48. The van der Waals surface area contributed by atoms with E-state index in [1.807, 2.05) is 6.92 Å². The van der Waals surface area contributed by atoms with Gasteiger partial charge in [0.2, 0.25) is 0 Å². The zero-order chi connectivity index (χ0) is 22.6. The van der Waals surface area contributed by atoms with Crippen LogP contribution >= 0.6 is 0 Å². The van der Waals surface area contributed by atoms with E-state index in [2.05, 4.69) is 62.1 Å². The predicted octanol–water partition coefficient (Wildman–Crippen LogP) is 5.37. The highest BCUT2D eigenvalue weighted by molar-refractivity contribution is 6.23. The third-order valence-electron chi connectivity index (χ3n) is 6.48. The Morgan fingerprint density at radius 1 is 1.03 bits per heavy atom. The molecule has 0 aliphatic heterocycles. The number of ketones is 1. The summed E-state index contributed by atoms with van der Waals surface area (Å²) in [5, 5.41) is 23.5. The van der Waals surface area contributed by atoms with Gasteiger partial charge in [0.1, 0.15) is 11.5 Å². The van der Waals surface area contributed by atoms with Gasteiger partial charge in [-0.25, -0.2) is 0 Å². The van der Waals surface area contributed by atoms with E-state index in [-0.39, 0.29) is 22.4 Å². The van der Waals surface area contributed by atoms with Gasteiger partial charge in [-0.05, 0) is 35.7 Å². The van der Waals surface area contributed by atoms with Crippen molar-refractivity contribution in [2.24, 2.45) is 5.16 Å². The standard InChI is InChI=1S/C26H28N2O3/c1-15-12-18-19(26(4,5)11-10-25(18,2)3)13-17(15)24(28-31)20-7-6-16(14-27-20)23-21(29)8-9-22(23)30/h6-7,10-14,29,31H,8-9H2,1-5H3/b28-24+. The third-order valence-corrected chi connectivity index (χ3v) is 6.48. The van der Waals surface area contributed by atoms with Gasteiger partial charge in [0.05, 0.1) is 11.3 Å². The van der Waals surface area contributed by atoms with Gasteiger partial charge < -0.3 is 10.3 Å². The van der Waals surface area contributed by atoms with Crippen LogP contribution in [0.1, 0.15) is 74.0 Å². The lowest BCUT2D eigenvalue weighted by atomic mass is 9.67. The number of benzene rings is 1. The van der Waals surface area contributed by atoms with Crippen molar-refractivity contribution in [2.45, 2.75) is 58.3 Å². The number of oxime groups is 1. The van der Waals surface area contributed by atoms with Crippen molar-refractivity contribution < 1.29 is 15.1 Å². The summed E-state index contributed by atoms with van der Waals surface area (Å²) in [7, 11) is 0. The number of nitrogens with zero attached hydrogens (tertiary/aromatic N) is 2. The van der Waals surface area contributed by atoms with Gasteiger partial charge >= 0.3 is 0 Å². The van der Waals surface area contributed by atoms with Gasteiger partial charge in [-0.1, -0.05) is 57.1 Å². The summed E-state index contributed by atoms with van der Waals surface area (Å²) in [6.07, 6.45) is 6.73. The Hall–Kier alpha value is -3.21. The molecule has 5 nitrogen and oxygen atoms in total. The van der Waals surface area contributed by atoms with E-state index in [1.165, 1.54) is 11.1 Å². The van der Waals surface area contributed by atoms with Crippen LogP contribution < -0.4 is 0 Å². The van der Waals surface area contributed by atoms with Crippen molar-refractivity contribution in [2.75, 3.05) is 0 Å². The molecule has 2 aromatic rings. The van der Waals surface area contributed by atoms with E-state index in [1.54, 1.807) is 18.3 Å². The topological polar surface area (TPSA) is 82.8 Å². The van der Waals surface area contributed by atoms with Gasteiger partial charge in [-0.15, -0.1) is 0 Å². The van der Waals surface area contributed by atoms with Crippen LogP contribution in [0.2, 0.25) is 0 Å². The molecule has 31 heavy (non-hydrogen) atoms. The fourth-order valence-electron chi connectivity index (χ4n) is 4.52. The highest BCUT2D eigenvalue weighted by atomic mass is 16.4. The molecule has 2 aliphatic rings. The Kier molecular flexibility index (Phi) is 4.88. The largest absolute Gasteiger partial charge is 0.512 e. The second-order valence-corrected chi connectivity index (χ2v) is 9.62. The van der Waals surface area contributed by atoms with Crippen molar-refractivity contribution in [3.05, 3.63) is 81.9 Å². The molecular weight excluding hydrogens is 388 g/mol. The number of aromatic nitrogens is 1. The quantitative estimate of drug-likeness (QED) is 0.305. The summed E-state index contributed by atoms with van der Waals surface area (Å²) >= 11 is 0. The zero-order valence-electron chi connectivity index (χ0n) is 18.7. The molecule has 0 radical (unpaired) electrons. The van der Waals surface area contributed by atoms with E-state index in [0.29, 0.717) is 35.4 Å². The van der Waals surface area contributed by atoms with Crippen molar-refractivity contribution >= 4 is 17.1 Å². The lowest BCUT2D eigenvalue weighted by Crippen LogP contribution is -2.30. The van der Waals surface area contributed by atoms with Gasteiger partial charge in [0.25, 0.3) is 0 Å². The summed E-state index contributed by atoms with van der Waals surface area (Å²) in [4.78, 5) is 16.5. The number of aliphatic hydroxyl groups excluding tert-OH is 1. The SMILES string of the molecule is Cc1cc2c(cc1/C(=N\O)c1ccc(C3=C(O)CCC3=O)cn1)C(C)(C)C=CC2(C)C. The maximum atomic E-state index is 12.1. The number of Topliss-reactive ketones (excluding diaryl/α,β-unsaturated/α-hetero) is 1. The van der Waals surface area contributed by atoms with Gasteiger partial charge in [0, 0.05) is 41.0 Å². The van der Waals surface area contributed by atoms with E-state index in [9.17, 15) is 15.1 Å². The van der Waals surface area contributed by atoms with Crippen LogP contribution in [0.4, 0.5) is 0 Å². The molecule has 2 N–H and O–H groups in total. The van der Waals surface area contributed by atoms with Crippen LogP contribution in [-0.2, 0) is 15.6 Å². The lowest BCUT2D eigenvalue weighted by molar-refractivity contribution is -0.113. The van der Waals surface area contributed by atoms with Crippen LogP contribution in [0, 0.1) is 6.92 Å². The number of hydrogen-bond acceptors (Lipinski definition) is 5. The normalized spacial score (nSPS) is 19.6. The molecule has 1 aromatic heterocycles. The summed E-state index contributed by atoms with van der Waals surface area (Å²) in [5.41, 5.74) is 5.87. The average molecular weight is 417 g/mol. The molecule has 0 saturated heterocycles. The van der Waals surface area contributed by atoms with Gasteiger partial charge in [0.15, 0.2) is 5.78 Å². The summed E-state index contributed by atoms with van der Waals surface area (Å²) in [5.74, 6) is 0.0329. The Morgan fingerprint density at radius 2 is 1.68 bits per heavy atom. The first-order chi connectivity index (χ1) is 14.5. The first kappa shape index (κ1) is 21.0. The average Bonchev–Trinajstić information content (AvgIpc) is 3.06. The number of rotatable bonds is 3. The minimum Gasteiger partial charge on any atom is -0.512 e. The molecule has 5 heteroatoms. The second kappa shape index (κ2) is 7.19. The minimum atomic E-state index is -0.141. The highest BCUT2D eigenvalue weighted by Crippen LogP contribution is 2.42. The van der Waals surface area contributed by atoms with Gasteiger partial charge in [-0.2, -0.15) is 0 Å². The van der Waals surface area contributed by atoms with Crippen molar-refractivity contribution in [1.29, 1.82) is 0 Å². The molecule has 1 heterocycles. The molecule has 0 unspecified atom stereocenters. The molecule has 160 valence electrons. The lowest BCUT2D eigenvalue weighted by Gasteiger charge is -2.37. The summed E-state index contributed by atoms with van der Waals surface area (Å²) in [6.45, 7) is 10.8. The number of allylic oxidation sites excluding steroid dienone is 4. The van der Waals surface area contributed by atoms with Crippen molar-refractivity contribution in [3.63, 3.8) is 0 Å². The first-order valence-electron chi connectivity index (χ1n) is 10.6. The molecule has 0 bridgehead atoms. The van der Waals surface area contributed by atoms with E-state index >= 15 is 0 Å². The number of carbonyl (C=O) groups is 1. The van der Waals surface area contributed by atoms with E-state index < -0.39 is 0 Å². The minimum absolute atomic E-state index is 0.0753. The maximum absolute atomic E-state index is 12.1. The molecule has 0 amide bonds. The van der Waals surface area contributed by atoms with Crippen LogP contribution in [-0.4, -0.2) is 26.8 Å². The molecule has 0 spiro atoms. The van der Waals surface area contributed by atoms with Crippen LogP contribution in [0.15, 0.2) is 53.5 Å². The summed E-state index contributed by atoms with van der Waals surface area (Å²) < 4.78 is 0. The fraction of sp³-hybridized carbons (Fsp3) is 0.346. The molecule has 0 atom stereocenters. The molecule has 1 aromatic carbocycles. The number of aliphatic hydroxyl groups is 1. The maximum Gasteiger partial charge on any atom is 0.167 e. The number of hydrogen-bond donors (Lipinski definition) is 2. The van der Waals surface area contributed by atoms with E-state index in [4.69, 9.17) is 0 Å². The molecule has 2 aliphatic carbocycles. The predicted molar refractivity (Wildman–Crippen MR) is 122 cm³/mol. The summed E-state index contributed by atoms with van der Waals surface area (Å²) in [6, 6.07) is 7.75. The Morgan fingerprint density at radius 3 is 2.19 bits per heavy atom. The fourth-order valence-corrected chi connectivity index (χ4v) is 4.52. The Balaban J connectivity index is 1.78. The number of carbonyl (C=O) groups excluding carboxylic acids is 1. The van der Waals surface area contributed by atoms with Crippen molar-refractivity contribution in [1.82, 2.24) is 4.98 Å². The smallest absolute Gasteiger partial charge is 0.167 e. The molecule has 0 saturated carbocycles. The Labute approximate surface area is 182 Å². The zero-order valence-corrected chi connectivity index (χ0v) is 18.7. The number of fused-ring (bicyclic) bond motifs is 1. The van der Waals surface area contributed by atoms with Crippen LogP contribution in [0.3, 0.4) is 0 Å². The second-order valence-electron chi connectivity index (χ2n) is 9.62. The number of aryl methyl sites for hydroxylation is 1. The van der Waals surface area contributed by atoms with Crippen molar-refractivity contribution in [3.8, 4) is 0 Å². The van der Waals surface area contributed by atoms with Crippen LogP contribution in [0.5, 0.6) is 0 Å². The monoisotopic (exact) mass is 416 g/mol.